The highest BCUT2D eigenvalue weighted by Crippen LogP contribution is 2.39. The van der Waals surface area contributed by atoms with E-state index in [1.807, 2.05) is 0 Å². The lowest BCUT2D eigenvalue weighted by molar-refractivity contribution is -0.133. The number of thioether (sulfide) groups is 1. The van der Waals surface area contributed by atoms with Crippen molar-refractivity contribution in [2.75, 3.05) is 5.75 Å². The lowest BCUT2D eigenvalue weighted by Gasteiger charge is -2.08. The topological polar surface area (TPSA) is 68.0 Å². The fraction of sp³-hybridized carbons (Fsp3) is 0.800. The number of unbranched alkanes of at least 4 members (excludes halogenated alkanes) is 5. The van der Waals surface area contributed by atoms with Crippen LogP contribution in [0.15, 0.2) is 5.16 Å². The van der Waals surface area contributed by atoms with Crippen molar-refractivity contribution >= 4 is 17.7 Å². The average Bonchev–Trinajstić information content (AvgIpc) is 3.22. The first kappa shape index (κ1) is 16.3. The van der Waals surface area contributed by atoms with Crippen molar-refractivity contribution in [1.29, 1.82) is 0 Å². The highest BCUT2D eigenvalue weighted by molar-refractivity contribution is 7.99. The van der Waals surface area contributed by atoms with Gasteiger partial charge in [-0.3, -0.25) is 4.79 Å². The molecule has 0 aromatic carbocycles. The smallest absolute Gasteiger partial charge is 0.313 e. The predicted molar refractivity (Wildman–Crippen MR) is 83.7 cm³/mol. The van der Waals surface area contributed by atoms with Crippen LogP contribution in [0.3, 0.4) is 0 Å². The molecule has 1 saturated carbocycles. The van der Waals surface area contributed by atoms with Crippen LogP contribution >= 0.6 is 11.8 Å². The maximum absolute atomic E-state index is 10.7. The van der Waals surface area contributed by atoms with E-state index in [1.54, 1.807) is 0 Å². The number of aromatic nitrogens is 3. The van der Waals surface area contributed by atoms with Crippen molar-refractivity contribution < 1.29 is 9.90 Å². The molecule has 0 spiro atoms. The average molecular weight is 311 g/mol. The minimum Gasteiger partial charge on any atom is -0.481 e. The van der Waals surface area contributed by atoms with Crippen molar-refractivity contribution in [3.8, 4) is 0 Å². The van der Waals surface area contributed by atoms with Crippen LogP contribution in [-0.2, 0) is 11.2 Å². The number of carboxylic acid groups (broad SMARTS) is 1. The Hall–Kier alpha value is -1.04. The number of aryl methyl sites for hydroxylation is 1. The maximum Gasteiger partial charge on any atom is 0.313 e. The number of carboxylic acids is 1. The van der Waals surface area contributed by atoms with Gasteiger partial charge in [0.1, 0.15) is 5.82 Å². The molecule has 118 valence electrons. The van der Waals surface area contributed by atoms with Gasteiger partial charge in [-0.25, -0.2) is 0 Å². The van der Waals surface area contributed by atoms with Crippen LogP contribution in [-0.4, -0.2) is 31.6 Å². The van der Waals surface area contributed by atoms with Gasteiger partial charge in [-0.05, 0) is 19.3 Å². The summed E-state index contributed by atoms with van der Waals surface area (Å²) in [5, 5.41) is 18.0. The van der Waals surface area contributed by atoms with Crippen LogP contribution in [0.5, 0.6) is 0 Å². The van der Waals surface area contributed by atoms with Crippen LogP contribution in [0.25, 0.3) is 0 Å². The molecule has 0 unspecified atom stereocenters. The summed E-state index contributed by atoms with van der Waals surface area (Å²) in [5.41, 5.74) is 0. The Morgan fingerprint density at radius 1 is 1.24 bits per heavy atom. The maximum atomic E-state index is 10.7. The van der Waals surface area contributed by atoms with Crippen molar-refractivity contribution in [2.45, 2.75) is 75.9 Å². The fourth-order valence-electron chi connectivity index (χ4n) is 2.47. The fourth-order valence-corrected chi connectivity index (χ4v) is 3.21. The quantitative estimate of drug-likeness (QED) is 0.498. The van der Waals surface area contributed by atoms with E-state index in [9.17, 15) is 4.79 Å². The van der Waals surface area contributed by atoms with Gasteiger partial charge in [0, 0.05) is 12.5 Å². The highest BCUT2D eigenvalue weighted by Gasteiger charge is 2.29. The summed E-state index contributed by atoms with van der Waals surface area (Å²) in [4.78, 5) is 10.7. The Labute approximate surface area is 130 Å². The zero-order valence-electron chi connectivity index (χ0n) is 12.8. The monoisotopic (exact) mass is 311 g/mol. The third-order valence-corrected chi connectivity index (χ3v) is 4.65. The Balaban J connectivity index is 1.83. The Morgan fingerprint density at radius 2 is 1.95 bits per heavy atom. The van der Waals surface area contributed by atoms with Crippen molar-refractivity contribution in [3.63, 3.8) is 0 Å². The van der Waals surface area contributed by atoms with Crippen LogP contribution < -0.4 is 0 Å². The van der Waals surface area contributed by atoms with Gasteiger partial charge < -0.3 is 9.67 Å². The van der Waals surface area contributed by atoms with E-state index < -0.39 is 5.97 Å². The largest absolute Gasteiger partial charge is 0.481 e. The summed E-state index contributed by atoms with van der Waals surface area (Å²) in [6.45, 7) is 2.23. The molecule has 0 radical (unpaired) electrons. The van der Waals surface area contributed by atoms with E-state index in [1.165, 1.54) is 56.7 Å². The first-order valence-corrected chi connectivity index (χ1v) is 8.99. The molecule has 1 aromatic rings. The summed E-state index contributed by atoms with van der Waals surface area (Å²) in [6.07, 6.45) is 10.9. The Bertz CT molecular complexity index is 458. The molecular formula is C15H25N3O2S. The standard InChI is InChI=1S/C15H25N3O2S/c1-2-3-4-5-6-7-8-13-16-17-15(21-11-14(19)20)18(13)12-9-10-12/h12H,2-11H2,1H3,(H,19,20). The molecule has 21 heavy (non-hydrogen) atoms. The molecule has 1 aromatic heterocycles. The Kier molecular flexibility index (Phi) is 6.54. The minimum absolute atomic E-state index is 0.0574. The van der Waals surface area contributed by atoms with Crippen LogP contribution in [0.2, 0.25) is 0 Å². The van der Waals surface area contributed by atoms with Crippen molar-refractivity contribution in [2.24, 2.45) is 0 Å². The summed E-state index contributed by atoms with van der Waals surface area (Å²) in [6, 6.07) is 0.506. The number of nitrogens with zero attached hydrogens (tertiary/aromatic N) is 3. The molecule has 1 N–H and O–H groups in total. The van der Waals surface area contributed by atoms with Crippen molar-refractivity contribution in [3.05, 3.63) is 5.82 Å². The molecule has 0 saturated heterocycles. The van der Waals surface area contributed by atoms with Crippen LogP contribution in [0, 0.1) is 0 Å². The van der Waals surface area contributed by atoms with Gasteiger partial charge in [0.05, 0.1) is 5.75 Å². The minimum atomic E-state index is -0.803. The molecule has 1 aliphatic rings. The highest BCUT2D eigenvalue weighted by atomic mass is 32.2. The molecule has 1 fully saturated rings. The second kappa shape index (κ2) is 8.41. The zero-order chi connectivity index (χ0) is 15.1. The van der Waals surface area contributed by atoms with Gasteiger partial charge in [0.25, 0.3) is 0 Å². The third-order valence-electron chi connectivity index (χ3n) is 3.73. The van der Waals surface area contributed by atoms with E-state index in [2.05, 4.69) is 21.7 Å². The third kappa shape index (κ3) is 5.34. The van der Waals surface area contributed by atoms with Crippen LogP contribution in [0.4, 0.5) is 0 Å². The van der Waals surface area contributed by atoms with Gasteiger partial charge in [-0.1, -0.05) is 50.8 Å². The van der Waals surface area contributed by atoms with Gasteiger partial charge in [-0.15, -0.1) is 10.2 Å². The molecule has 1 aliphatic carbocycles. The molecule has 0 bridgehead atoms. The van der Waals surface area contributed by atoms with E-state index in [0.29, 0.717) is 6.04 Å². The van der Waals surface area contributed by atoms with Crippen LogP contribution in [0.1, 0.15) is 70.2 Å². The number of rotatable bonds is 11. The molecular weight excluding hydrogens is 286 g/mol. The molecule has 0 amide bonds. The first-order valence-electron chi connectivity index (χ1n) is 8.00. The Morgan fingerprint density at radius 3 is 2.62 bits per heavy atom. The second-order valence-electron chi connectivity index (χ2n) is 5.70. The van der Waals surface area contributed by atoms with E-state index in [-0.39, 0.29) is 5.75 Å². The van der Waals surface area contributed by atoms with Gasteiger partial charge in [0.15, 0.2) is 5.16 Å². The summed E-state index contributed by atoms with van der Waals surface area (Å²) < 4.78 is 2.18. The van der Waals surface area contributed by atoms with E-state index in [0.717, 1.165) is 23.8 Å². The van der Waals surface area contributed by atoms with Crippen molar-refractivity contribution in [1.82, 2.24) is 14.8 Å². The predicted octanol–water partition coefficient (Wildman–Crippen LogP) is 3.69. The lowest BCUT2D eigenvalue weighted by Crippen LogP contribution is -2.05. The second-order valence-corrected chi connectivity index (χ2v) is 6.64. The zero-order valence-corrected chi connectivity index (χ0v) is 13.6. The number of hydrogen-bond acceptors (Lipinski definition) is 4. The number of aliphatic carboxylic acids is 1. The summed E-state index contributed by atoms with van der Waals surface area (Å²) in [7, 11) is 0. The molecule has 2 rings (SSSR count). The molecule has 0 atom stereocenters. The van der Waals surface area contributed by atoms with Gasteiger partial charge in [0.2, 0.25) is 0 Å². The number of carbonyl (C=O) groups is 1. The molecule has 1 heterocycles. The van der Waals surface area contributed by atoms with E-state index in [4.69, 9.17) is 5.11 Å². The van der Waals surface area contributed by atoms with E-state index >= 15 is 0 Å². The first-order chi connectivity index (χ1) is 10.2. The molecule has 6 heteroatoms. The summed E-state index contributed by atoms with van der Waals surface area (Å²) >= 11 is 1.28. The molecule has 0 aliphatic heterocycles. The normalized spacial score (nSPS) is 14.5. The lowest BCUT2D eigenvalue weighted by atomic mass is 10.1. The summed E-state index contributed by atoms with van der Waals surface area (Å²) in [5.74, 6) is 0.297. The number of hydrogen-bond donors (Lipinski definition) is 1. The molecule has 5 nitrogen and oxygen atoms in total. The van der Waals surface area contributed by atoms with Gasteiger partial charge >= 0.3 is 5.97 Å². The van der Waals surface area contributed by atoms with Gasteiger partial charge in [-0.2, -0.15) is 0 Å². The SMILES string of the molecule is CCCCCCCCc1nnc(SCC(=O)O)n1C1CC1.